The Bertz CT molecular complexity index is 1830. The first-order valence-corrected chi connectivity index (χ1v) is 14.4. The van der Waals surface area contributed by atoms with Crippen molar-refractivity contribution in [3.63, 3.8) is 0 Å². The summed E-state index contributed by atoms with van der Waals surface area (Å²) in [6.07, 6.45) is -12.2. The van der Waals surface area contributed by atoms with Crippen LogP contribution in [0.5, 0.6) is 0 Å². The van der Waals surface area contributed by atoms with Crippen molar-refractivity contribution in [2.75, 3.05) is 9.80 Å². The van der Waals surface area contributed by atoms with E-state index in [0.717, 1.165) is 9.80 Å². The Morgan fingerprint density at radius 2 is 1.06 bits per heavy atom. The molecule has 4 atom stereocenters. The fourth-order valence-electron chi connectivity index (χ4n) is 5.93. The lowest BCUT2D eigenvalue weighted by Crippen LogP contribution is -2.48. The van der Waals surface area contributed by atoms with Gasteiger partial charge in [-0.15, -0.1) is 0 Å². The number of halogens is 6. The van der Waals surface area contributed by atoms with E-state index in [1.54, 1.807) is 24.3 Å². The number of hydrogen-bond acceptors (Lipinski definition) is 8. The second-order valence-corrected chi connectivity index (χ2v) is 11.1. The number of carbonyl (C=O) groups excluding carboxylic acids is 2. The zero-order chi connectivity index (χ0) is 35.0. The van der Waals surface area contributed by atoms with Crippen molar-refractivity contribution in [1.82, 2.24) is 9.97 Å². The molecular formula is C32H24F6N6O4. The summed E-state index contributed by atoms with van der Waals surface area (Å²) in [5, 5.41) is 39.4. The van der Waals surface area contributed by atoms with Crippen molar-refractivity contribution in [3.8, 4) is 12.1 Å². The predicted octanol–water partition coefficient (Wildman–Crippen LogP) is 5.05. The standard InChI is InChI=1S/2C16H12F3N3O2/c2*17-16(18,19)15(24)13-3-4-14(23)22(13)10-1-2-11-9(7-10)5-6-21-12(11)8-20/h2*1-2,5-7,13,15,24H,3-4H2/t13-,15+;13-,15-/m00/s1. The topological polar surface area (TPSA) is 154 Å². The normalized spacial score (nSPS) is 19.5. The molecule has 2 saturated heterocycles. The summed E-state index contributed by atoms with van der Waals surface area (Å²) < 4.78 is 77.0. The van der Waals surface area contributed by atoms with Crippen molar-refractivity contribution in [3.05, 3.63) is 72.3 Å². The molecule has 0 radical (unpaired) electrons. The molecule has 248 valence electrons. The largest absolute Gasteiger partial charge is 0.416 e. The molecule has 0 saturated carbocycles. The number of aliphatic hydroxyl groups is 2. The number of fused-ring (bicyclic) bond motifs is 2. The Morgan fingerprint density at radius 3 is 1.40 bits per heavy atom. The van der Waals surface area contributed by atoms with E-state index < -0.39 is 48.5 Å². The fourth-order valence-corrected chi connectivity index (χ4v) is 5.93. The molecule has 2 aliphatic heterocycles. The van der Waals surface area contributed by atoms with E-state index in [-0.39, 0.29) is 48.4 Å². The maximum Gasteiger partial charge on any atom is 0.416 e. The number of rotatable bonds is 4. The van der Waals surface area contributed by atoms with E-state index in [1.165, 1.54) is 36.7 Å². The van der Waals surface area contributed by atoms with E-state index in [9.17, 15) is 46.1 Å². The third-order valence-corrected chi connectivity index (χ3v) is 8.17. The molecule has 2 aliphatic rings. The third-order valence-electron chi connectivity index (χ3n) is 8.17. The molecule has 16 heteroatoms. The van der Waals surface area contributed by atoms with Crippen molar-refractivity contribution in [1.29, 1.82) is 10.5 Å². The number of nitriles is 2. The molecule has 2 aromatic carbocycles. The number of carbonyl (C=O) groups is 2. The highest BCUT2D eigenvalue weighted by molar-refractivity contribution is 6.00. The predicted molar refractivity (Wildman–Crippen MR) is 158 cm³/mol. The van der Waals surface area contributed by atoms with Gasteiger partial charge in [0.15, 0.2) is 12.2 Å². The molecule has 4 heterocycles. The highest BCUT2D eigenvalue weighted by atomic mass is 19.4. The number of amides is 2. The molecule has 2 amide bonds. The van der Waals surface area contributed by atoms with E-state index in [1.807, 2.05) is 12.1 Å². The number of aliphatic hydroxyl groups excluding tert-OH is 2. The summed E-state index contributed by atoms with van der Waals surface area (Å²) in [6, 6.07) is 13.4. The summed E-state index contributed by atoms with van der Waals surface area (Å²) in [6.45, 7) is 0. The lowest BCUT2D eigenvalue weighted by molar-refractivity contribution is -0.209. The monoisotopic (exact) mass is 670 g/mol. The summed E-state index contributed by atoms with van der Waals surface area (Å²) in [5.74, 6) is -0.950. The maximum absolute atomic E-state index is 12.8. The van der Waals surface area contributed by atoms with Crippen LogP contribution in [-0.4, -0.2) is 68.6 Å². The van der Waals surface area contributed by atoms with Crippen molar-refractivity contribution >= 4 is 44.7 Å². The highest BCUT2D eigenvalue weighted by Crippen LogP contribution is 2.37. The smallest absolute Gasteiger partial charge is 0.382 e. The van der Waals surface area contributed by atoms with Gasteiger partial charge in [0.25, 0.3) is 0 Å². The van der Waals surface area contributed by atoms with E-state index in [4.69, 9.17) is 10.5 Å². The van der Waals surface area contributed by atoms with Crippen molar-refractivity contribution in [2.45, 2.75) is 62.3 Å². The van der Waals surface area contributed by atoms with Gasteiger partial charge in [-0.3, -0.25) is 9.59 Å². The molecule has 0 bridgehead atoms. The first-order chi connectivity index (χ1) is 22.6. The minimum Gasteiger partial charge on any atom is -0.382 e. The molecule has 0 aliphatic carbocycles. The van der Waals surface area contributed by atoms with Crippen molar-refractivity contribution in [2.24, 2.45) is 0 Å². The SMILES string of the molecule is N#Cc1nccc2cc(N3C(=O)CC[C@H]3[C@@H](O)C(F)(F)F)ccc12.N#Cc1nccc2cc(N3C(=O)CC[C@H]3[C@H](O)C(F)(F)F)ccc12. The van der Waals surface area contributed by atoms with Crippen LogP contribution in [-0.2, 0) is 9.59 Å². The number of anilines is 2. The number of benzene rings is 2. The minimum absolute atomic E-state index is 0.0599. The molecule has 0 unspecified atom stereocenters. The maximum atomic E-state index is 12.8. The Balaban J connectivity index is 0.000000188. The molecular weight excluding hydrogens is 646 g/mol. The summed E-state index contributed by atoms with van der Waals surface area (Å²) in [4.78, 5) is 33.9. The summed E-state index contributed by atoms with van der Waals surface area (Å²) >= 11 is 0. The van der Waals surface area contributed by atoms with E-state index in [0.29, 0.717) is 21.5 Å². The zero-order valence-corrected chi connectivity index (χ0v) is 24.6. The lowest BCUT2D eigenvalue weighted by Gasteiger charge is -2.30. The zero-order valence-electron chi connectivity index (χ0n) is 24.6. The first kappa shape index (κ1) is 34.0. The number of alkyl halides is 6. The third kappa shape index (κ3) is 6.58. The van der Waals surface area contributed by atoms with Gasteiger partial charge in [0.1, 0.15) is 23.5 Å². The second-order valence-electron chi connectivity index (χ2n) is 11.1. The average Bonchev–Trinajstić information content (AvgIpc) is 3.64. The average molecular weight is 671 g/mol. The van der Waals surface area contributed by atoms with Gasteiger partial charge in [-0.05, 0) is 72.1 Å². The van der Waals surface area contributed by atoms with Crippen LogP contribution in [0.1, 0.15) is 37.1 Å². The highest BCUT2D eigenvalue weighted by Gasteiger charge is 2.50. The molecule has 4 aromatic rings. The number of pyridine rings is 2. The van der Waals surface area contributed by atoms with Gasteiger partial charge in [0, 0.05) is 47.4 Å². The Labute approximate surface area is 268 Å². The fraction of sp³-hybridized carbons (Fsp3) is 0.312. The van der Waals surface area contributed by atoms with Crippen LogP contribution in [0.15, 0.2) is 60.9 Å². The Kier molecular flexibility index (Phi) is 9.26. The molecule has 2 N–H and O–H groups in total. The second kappa shape index (κ2) is 13.1. The van der Waals surface area contributed by atoms with Crippen LogP contribution in [0.25, 0.3) is 21.5 Å². The van der Waals surface area contributed by atoms with Gasteiger partial charge in [0.05, 0.1) is 12.1 Å². The van der Waals surface area contributed by atoms with Gasteiger partial charge in [-0.1, -0.05) is 0 Å². The number of nitrogens with zero attached hydrogens (tertiary/aromatic N) is 6. The Morgan fingerprint density at radius 1 is 0.688 bits per heavy atom. The quantitative estimate of drug-likeness (QED) is 0.286. The van der Waals surface area contributed by atoms with Crippen LogP contribution < -0.4 is 9.80 Å². The molecule has 2 aromatic heterocycles. The Hall–Kier alpha value is -5.32. The van der Waals surface area contributed by atoms with Gasteiger partial charge < -0.3 is 20.0 Å². The lowest BCUT2D eigenvalue weighted by atomic mass is 10.1. The van der Waals surface area contributed by atoms with Gasteiger partial charge in [0.2, 0.25) is 11.8 Å². The first-order valence-electron chi connectivity index (χ1n) is 14.4. The molecule has 6 rings (SSSR count). The van der Waals surface area contributed by atoms with Gasteiger partial charge in [-0.2, -0.15) is 36.9 Å². The number of hydrogen-bond donors (Lipinski definition) is 2. The van der Waals surface area contributed by atoms with E-state index in [2.05, 4.69) is 9.97 Å². The number of aromatic nitrogens is 2. The van der Waals surface area contributed by atoms with Crippen LogP contribution in [0.2, 0.25) is 0 Å². The van der Waals surface area contributed by atoms with Crippen molar-refractivity contribution < 1.29 is 46.1 Å². The van der Waals surface area contributed by atoms with Crippen LogP contribution >= 0.6 is 0 Å². The van der Waals surface area contributed by atoms with Crippen LogP contribution in [0.4, 0.5) is 37.7 Å². The van der Waals surface area contributed by atoms with Crippen LogP contribution in [0.3, 0.4) is 0 Å². The summed E-state index contributed by atoms with van der Waals surface area (Å²) in [7, 11) is 0. The molecule has 0 spiro atoms. The summed E-state index contributed by atoms with van der Waals surface area (Å²) in [5.41, 5.74) is 0.902. The van der Waals surface area contributed by atoms with Crippen LogP contribution in [0, 0.1) is 22.7 Å². The molecule has 10 nitrogen and oxygen atoms in total. The molecule has 48 heavy (non-hydrogen) atoms. The molecule has 2 fully saturated rings. The van der Waals surface area contributed by atoms with E-state index >= 15 is 0 Å². The van der Waals surface area contributed by atoms with Gasteiger partial charge >= 0.3 is 12.4 Å². The van der Waals surface area contributed by atoms with Gasteiger partial charge in [-0.25, -0.2) is 9.97 Å². The minimum atomic E-state index is -4.80.